The van der Waals surface area contributed by atoms with Gasteiger partial charge in [0.2, 0.25) is 23.7 Å². The summed E-state index contributed by atoms with van der Waals surface area (Å²) in [4.78, 5) is 34.8. The molecule has 4 atom stereocenters. The van der Waals surface area contributed by atoms with Crippen LogP contribution in [0.1, 0.15) is 24.0 Å². The minimum atomic E-state index is -1.50. The number of carbonyl (C=O) groups excluding carboxylic acids is 2. The predicted molar refractivity (Wildman–Crippen MR) is 283 cm³/mol. The second-order valence-corrected chi connectivity index (χ2v) is 18.5. The molecule has 0 spiro atoms. The molecule has 0 unspecified atom stereocenters. The third kappa shape index (κ3) is 10.8. The third-order valence-corrected chi connectivity index (χ3v) is 13.8. The number of hydrogen-bond donors (Lipinski definition) is 8. The molecule has 2 saturated heterocycles. The van der Waals surface area contributed by atoms with Gasteiger partial charge in [-0.25, -0.2) is 19.0 Å². The number of carbonyl (C=O) groups is 2. The zero-order chi connectivity index (χ0) is 53.7. The van der Waals surface area contributed by atoms with Crippen LogP contribution in [0.2, 0.25) is 0 Å². The van der Waals surface area contributed by atoms with E-state index in [1.54, 1.807) is 81.8 Å². The monoisotopic (exact) mass is 1040 g/mol. The lowest BCUT2D eigenvalue weighted by Crippen LogP contribution is -2.54. The van der Waals surface area contributed by atoms with E-state index in [4.69, 9.17) is 30.4 Å². The lowest BCUT2D eigenvalue weighted by molar-refractivity contribution is -0.134. The number of primary amides is 2. The van der Waals surface area contributed by atoms with Crippen molar-refractivity contribution in [2.24, 2.45) is 11.5 Å². The maximum Gasteiger partial charge on any atom is 0.245 e. The molecule has 10 N–H and O–H groups in total. The third-order valence-electron chi connectivity index (χ3n) is 13.8. The van der Waals surface area contributed by atoms with Crippen LogP contribution in [-0.4, -0.2) is 151 Å². The van der Waals surface area contributed by atoms with Gasteiger partial charge in [0.25, 0.3) is 0 Å². The zero-order valence-corrected chi connectivity index (χ0v) is 42.3. The van der Waals surface area contributed by atoms with Crippen LogP contribution in [0.4, 0.5) is 23.3 Å². The molecule has 76 heavy (non-hydrogen) atoms. The second-order valence-electron chi connectivity index (χ2n) is 18.5. The number of nitrogens with two attached hydrogens (primary N) is 2. The first-order valence-corrected chi connectivity index (χ1v) is 24.3. The molecule has 10 rings (SSSR count). The van der Waals surface area contributed by atoms with Crippen LogP contribution in [0, 0.1) is 0 Å². The van der Waals surface area contributed by atoms with Crippen molar-refractivity contribution >= 4 is 46.1 Å². The molecule has 0 bridgehead atoms. The van der Waals surface area contributed by atoms with Gasteiger partial charge in [0.1, 0.15) is 34.2 Å². The van der Waals surface area contributed by atoms with Gasteiger partial charge in [-0.3, -0.25) is 19.4 Å². The Balaban J connectivity index is 0.000000186. The van der Waals surface area contributed by atoms with Crippen LogP contribution >= 0.6 is 0 Å². The number of ether oxygens (including phenoxy) is 4. The number of β-amino-alcohol motifs (C(OH)–C–C–N with tert-alkyl or cyclic N) is 2. The molecular weight excluding hydrogens is 977 g/mol. The van der Waals surface area contributed by atoms with Gasteiger partial charge in [-0.05, 0) is 96.8 Å². The molecule has 2 aliphatic rings. The number of nitrogens with one attached hydrogen (secondary N) is 2. The number of hydrogen-bond acceptors (Lipinski definition) is 18. The summed E-state index contributed by atoms with van der Waals surface area (Å²) >= 11 is 0. The van der Waals surface area contributed by atoms with E-state index in [9.17, 15) is 30.0 Å². The van der Waals surface area contributed by atoms with Crippen molar-refractivity contribution < 1.29 is 49.0 Å². The van der Waals surface area contributed by atoms with Gasteiger partial charge in [-0.15, -0.1) is 10.2 Å². The van der Waals surface area contributed by atoms with Gasteiger partial charge in [0, 0.05) is 37.3 Å². The van der Waals surface area contributed by atoms with E-state index in [0.29, 0.717) is 59.0 Å². The Hall–Kier alpha value is -8.38. The summed E-state index contributed by atoms with van der Waals surface area (Å²) in [6.45, 7) is 1.14. The van der Waals surface area contributed by atoms with Crippen molar-refractivity contribution in [3.05, 3.63) is 133 Å². The second kappa shape index (κ2) is 22.2. The van der Waals surface area contributed by atoms with Crippen LogP contribution in [-0.2, 0) is 20.8 Å². The summed E-state index contributed by atoms with van der Waals surface area (Å²) in [5.74, 6) is 2.10. The van der Waals surface area contributed by atoms with Crippen LogP contribution in [0.25, 0.3) is 33.5 Å². The van der Waals surface area contributed by atoms with Crippen molar-refractivity contribution in [3.8, 4) is 45.5 Å². The Labute approximate surface area is 437 Å². The number of fused-ring (bicyclic) bond motifs is 2. The number of benzene rings is 4. The maximum absolute atomic E-state index is 11.3. The predicted octanol–water partition coefficient (Wildman–Crippen LogP) is 3.79. The Morgan fingerprint density at radius 1 is 0.579 bits per heavy atom. The fraction of sp³-hybridized carbons (Fsp3) is 0.296. The molecule has 22 nitrogen and oxygen atoms in total. The normalized spacial score (nSPS) is 19.8. The highest BCUT2D eigenvalue weighted by Gasteiger charge is 2.44. The van der Waals surface area contributed by atoms with Gasteiger partial charge in [-0.2, -0.15) is 0 Å². The molecule has 8 aromatic rings. The van der Waals surface area contributed by atoms with Gasteiger partial charge < -0.3 is 61.5 Å². The molecule has 396 valence electrons. The molecule has 2 amide bonds. The Bertz CT molecular complexity index is 3170. The average molecular weight is 1040 g/mol. The summed E-state index contributed by atoms with van der Waals surface area (Å²) in [6, 6.07) is 33.5. The highest BCUT2D eigenvalue weighted by molar-refractivity contribution is 5.77. The number of anilines is 4. The topological polar surface area (TPSA) is 295 Å². The number of rotatable bonds is 16. The largest absolute Gasteiger partial charge is 0.496 e. The first-order valence-electron chi connectivity index (χ1n) is 24.3. The van der Waals surface area contributed by atoms with Gasteiger partial charge in [0.05, 0.1) is 99.9 Å². The number of piperidine rings is 2. The molecule has 2 aliphatic heterocycles. The number of aliphatic hydroxyl groups excluding tert-OH is 2. The summed E-state index contributed by atoms with van der Waals surface area (Å²) in [7, 11) is 6.31. The number of amides is 2. The van der Waals surface area contributed by atoms with Gasteiger partial charge in [-0.1, -0.05) is 36.4 Å². The van der Waals surface area contributed by atoms with E-state index in [2.05, 4.69) is 30.8 Å². The molecule has 22 heteroatoms. The number of likely N-dealkylation sites (tertiary alicyclic amines) is 2. The molecule has 6 heterocycles. The number of para-hydroxylation sites is 2. The first-order chi connectivity index (χ1) is 36.6. The minimum Gasteiger partial charge on any atom is -0.496 e. The average Bonchev–Trinajstić information content (AvgIpc) is 4.08. The van der Waals surface area contributed by atoms with E-state index in [-0.39, 0.29) is 39.0 Å². The molecule has 4 aromatic heterocycles. The van der Waals surface area contributed by atoms with Crippen LogP contribution in [0.5, 0.6) is 23.0 Å². The fourth-order valence-corrected chi connectivity index (χ4v) is 9.77. The molecule has 4 aromatic carbocycles. The van der Waals surface area contributed by atoms with Crippen LogP contribution in [0.3, 0.4) is 0 Å². The number of aromatic nitrogens is 6. The van der Waals surface area contributed by atoms with E-state index < -0.39 is 35.2 Å². The lowest BCUT2D eigenvalue weighted by atomic mass is 9.82. The van der Waals surface area contributed by atoms with Gasteiger partial charge >= 0.3 is 0 Å². The van der Waals surface area contributed by atoms with E-state index >= 15 is 0 Å². The highest BCUT2D eigenvalue weighted by Crippen LogP contribution is 2.40. The summed E-state index contributed by atoms with van der Waals surface area (Å²) in [5.41, 5.74) is 14.9. The number of methoxy groups -OCH3 is 4. The molecule has 2 fully saturated rings. The summed E-state index contributed by atoms with van der Waals surface area (Å²) in [5, 5.41) is 59.9. The number of nitrogens with zero attached hydrogens (tertiary/aromatic N) is 8. The minimum absolute atomic E-state index is 0.0316. The first kappa shape index (κ1) is 52.5. The number of aliphatic hydroxyl groups is 4. The standard InChI is InChI=1S/2C27H30N6O5/c2*1-37-22-6-4-3-5-19(22)21-10-8-18-14-29-26(31-33(18)21)30-20-9-7-17(13-23(20)38-2)27(36)11-12-32(15-24(27)34)16-25(28)35/h2*3-10,13-14,24,34,36H,11-12,15-16H2,1-2H3,(H2,28,35)(H,30,31)/t2*24-,27-/m10/s1. The Kier molecular flexibility index (Phi) is 15.3. The van der Waals surface area contributed by atoms with Crippen molar-refractivity contribution in [2.75, 3.05) is 78.3 Å². The van der Waals surface area contributed by atoms with Crippen molar-refractivity contribution in [2.45, 2.75) is 36.3 Å². The Morgan fingerprint density at radius 3 is 1.34 bits per heavy atom. The fourth-order valence-electron chi connectivity index (χ4n) is 9.77. The SMILES string of the molecule is COc1cc([C@@]2(O)CCN(CC(N)=O)C[C@@H]2O)ccc1Nc1ncc2ccc(-c3ccccc3OC)n2n1.COc1cc([C@]2(O)CCN(CC(N)=O)C[C@H]2O)ccc1Nc1ncc2ccc(-c3ccccc3OC)n2n1. The van der Waals surface area contributed by atoms with Gasteiger partial charge in [0.15, 0.2) is 0 Å². The zero-order valence-electron chi connectivity index (χ0n) is 42.3. The van der Waals surface area contributed by atoms with Crippen LogP contribution in [0.15, 0.2) is 122 Å². The smallest absolute Gasteiger partial charge is 0.245 e. The molecule has 0 aliphatic carbocycles. The van der Waals surface area contributed by atoms with E-state index in [1.807, 2.05) is 72.8 Å². The van der Waals surface area contributed by atoms with Crippen molar-refractivity contribution in [1.82, 2.24) is 39.0 Å². The van der Waals surface area contributed by atoms with Crippen LogP contribution < -0.4 is 41.0 Å². The molecule has 0 radical (unpaired) electrons. The van der Waals surface area contributed by atoms with Crippen molar-refractivity contribution in [1.29, 1.82) is 0 Å². The Morgan fingerprint density at radius 2 is 0.974 bits per heavy atom. The maximum atomic E-state index is 11.3. The lowest BCUT2D eigenvalue weighted by Gasteiger charge is -2.42. The summed E-state index contributed by atoms with van der Waals surface area (Å²) in [6.07, 6.45) is 1.69. The quantitative estimate of drug-likeness (QED) is 0.0683. The van der Waals surface area contributed by atoms with E-state index in [0.717, 1.165) is 45.0 Å². The molecular formula is C54H60N12O10. The summed E-state index contributed by atoms with van der Waals surface area (Å²) < 4.78 is 25.8. The van der Waals surface area contributed by atoms with E-state index in [1.165, 1.54) is 14.2 Å². The highest BCUT2D eigenvalue weighted by atomic mass is 16.5. The molecule has 0 saturated carbocycles. The van der Waals surface area contributed by atoms with Crippen molar-refractivity contribution in [3.63, 3.8) is 0 Å².